The summed E-state index contributed by atoms with van der Waals surface area (Å²) in [5.74, 6) is 0.828. The summed E-state index contributed by atoms with van der Waals surface area (Å²) < 4.78 is 6.97. The van der Waals surface area contributed by atoms with Crippen molar-refractivity contribution in [3.05, 3.63) is 30.5 Å². The fourth-order valence-electron chi connectivity index (χ4n) is 2.15. The van der Waals surface area contributed by atoms with Crippen LogP contribution >= 0.6 is 0 Å². The Kier molecular flexibility index (Phi) is 2.26. The van der Waals surface area contributed by atoms with Gasteiger partial charge in [0.2, 0.25) is 0 Å². The summed E-state index contributed by atoms with van der Waals surface area (Å²) in [6.07, 6.45) is 1.65. The van der Waals surface area contributed by atoms with E-state index in [9.17, 15) is 0 Å². The number of rotatable bonds is 2. The third-order valence-corrected chi connectivity index (χ3v) is 3.05. The Morgan fingerprint density at radius 1 is 1.33 bits per heavy atom. The van der Waals surface area contributed by atoms with Crippen LogP contribution in [0.5, 0.6) is 5.75 Å². The highest BCUT2D eigenvalue weighted by atomic mass is 16.5. The zero-order chi connectivity index (χ0) is 12.7. The lowest BCUT2D eigenvalue weighted by Crippen LogP contribution is -1.95. The molecule has 18 heavy (non-hydrogen) atoms. The molecular weight excluding hydrogens is 228 g/mol. The van der Waals surface area contributed by atoms with E-state index in [0.29, 0.717) is 5.69 Å². The van der Waals surface area contributed by atoms with Gasteiger partial charge in [-0.25, -0.2) is 0 Å². The standard InChI is InChI=1S/C13H14N4O/c1-17-13(10(14)7-15-17)12-5-8-3-4-9(18-2)6-11(8)16-12/h3-7,16H,14H2,1-2H3. The number of methoxy groups -OCH3 is 1. The molecule has 0 saturated carbocycles. The van der Waals surface area contributed by atoms with Gasteiger partial charge in [-0.05, 0) is 18.2 Å². The van der Waals surface area contributed by atoms with Crippen molar-refractivity contribution in [1.82, 2.24) is 14.8 Å². The molecule has 5 heteroatoms. The number of hydrogen-bond acceptors (Lipinski definition) is 3. The van der Waals surface area contributed by atoms with E-state index in [2.05, 4.69) is 16.1 Å². The first-order chi connectivity index (χ1) is 8.69. The molecule has 3 aromatic rings. The molecule has 0 atom stereocenters. The van der Waals surface area contributed by atoms with Crippen LogP contribution in [0.3, 0.4) is 0 Å². The minimum absolute atomic E-state index is 0.663. The van der Waals surface area contributed by atoms with E-state index in [1.165, 1.54) is 0 Å². The maximum Gasteiger partial charge on any atom is 0.120 e. The summed E-state index contributed by atoms with van der Waals surface area (Å²) in [7, 11) is 3.53. The number of nitrogens with zero attached hydrogens (tertiary/aromatic N) is 2. The van der Waals surface area contributed by atoms with Gasteiger partial charge in [0.05, 0.1) is 24.7 Å². The molecule has 0 aliphatic rings. The maximum absolute atomic E-state index is 5.92. The van der Waals surface area contributed by atoms with Crippen molar-refractivity contribution >= 4 is 16.6 Å². The summed E-state index contributed by atoms with van der Waals surface area (Å²) in [6.45, 7) is 0. The fraction of sp³-hybridized carbons (Fsp3) is 0.154. The van der Waals surface area contributed by atoms with Crippen molar-refractivity contribution in [2.45, 2.75) is 0 Å². The van der Waals surface area contributed by atoms with Gasteiger partial charge in [0.25, 0.3) is 0 Å². The Balaban J connectivity index is 2.19. The normalized spacial score (nSPS) is 11.0. The van der Waals surface area contributed by atoms with Gasteiger partial charge in [-0.15, -0.1) is 0 Å². The lowest BCUT2D eigenvalue weighted by Gasteiger charge is -2.00. The van der Waals surface area contributed by atoms with Crippen LogP contribution in [0.15, 0.2) is 30.5 Å². The molecule has 0 aliphatic heterocycles. The van der Waals surface area contributed by atoms with Crippen molar-refractivity contribution < 1.29 is 4.74 Å². The average Bonchev–Trinajstić information content (AvgIpc) is 2.91. The summed E-state index contributed by atoms with van der Waals surface area (Å²) in [5, 5.41) is 5.26. The van der Waals surface area contributed by atoms with E-state index in [1.54, 1.807) is 18.0 Å². The number of hydrogen-bond donors (Lipinski definition) is 2. The molecule has 3 N–H and O–H groups in total. The molecular formula is C13H14N4O. The molecule has 92 valence electrons. The second-order valence-corrected chi connectivity index (χ2v) is 4.21. The van der Waals surface area contributed by atoms with E-state index >= 15 is 0 Å². The molecule has 3 rings (SSSR count). The molecule has 0 amide bonds. The lowest BCUT2D eigenvalue weighted by atomic mass is 10.2. The van der Waals surface area contributed by atoms with Crippen molar-refractivity contribution in [2.75, 3.05) is 12.8 Å². The third-order valence-electron chi connectivity index (χ3n) is 3.05. The van der Waals surface area contributed by atoms with Gasteiger partial charge in [-0.1, -0.05) is 0 Å². The largest absolute Gasteiger partial charge is 0.497 e. The van der Waals surface area contributed by atoms with E-state index in [4.69, 9.17) is 10.5 Å². The van der Waals surface area contributed by atoms with Gasteiger partial charge in [-0.3, -0.25) is 4.68 Å². The topological polar surface area (TPSA) is 68.9 Å². The molecule has 2 heterocycles. The lowest BCUT2D eigenvalue weighted by molar-refractivity contribution is 0.415. The van der Waals surface area contributed by atoms with E-state index in [0.717, 1.165) is 28.0 Å². The number of aryl methyl sites for hydroxylation is 1. The van der Waals surface area contributed by atoms with Crippen LogP contribution in [-0.2, 0) is 7.05 Å². The Morgan fingerprint density at radius 3 is 2.83 bits per heavy atom. The summed E-state index contributed by atoms with van der Waals surface area (Å²) in [6, 6.07) is 7.97. The number of nitrogens with one attached hydrogen (secondary N) is 1. The quantitative estimate of drug-likeness (QED) is 0.723. The van der Waals surface area contributed by atoms with Crippen LogP contribution in [0.25, 0.3) is 22.3 Å². The van der Waals surface area contributed by atoms with E-state index in [-0.39, 0.29) is 0 Å². The number of anilines is 1. The molecule has 5 nitrogen and oxygen atoms in total. The van der Waals surface area contributed by atoms with Crippen LogP contribution in [0, 0.1) is 0 Å². The summed E-state index contributed by atoms with van der Waals surface area (Å²) in [4.78, 5) is 3.33. The number of benzene rings is 1. The van der Waals surface area contributed by atoms with Crippen molar-refractivity contribution in [3.63, 3.8) is 0 Å². The second kappa shape index (κ2) is 3.80. The molecule has 2 aromatic heterocycles. The Bertz CT molecular complexity index is 691. The molecule has 0 bridgehead atoms. The third kappa shape index (κ3) is 1.52. The Labute approximate surface area is 104 Å². The number of aromatic nitrogens is 3. The smallest absolute Gasteiger partial charge is 0.120 e. The number of ether oxygens (including phenoxy) is 1. The Hall–Kier alpha value is -2.43. The minimum atomic E-state index is 0.663. The predicted octanol–water partition coefficient (Wildman–Crippen LogP) is 2.16. The average molecular weight is 242 g/mol. The first kappa shape index (κ1) is 10.7. The molecule has 0 saturated heterocycles. The second-order valence-electron chi connectivity index (χ2n) is 4.21. The van der Waals surface area contributed by atoms with Gasteiger partial charge >= 0.3 is 0 Å². The highest BCUT2D eigenvalue weighted by molar-refractivity contribution is 5.88. The van der Waals surface area contributed by atoms with Crippen LogP contribution in [0.4, 0.5) is 5.69 Å². The molecule has 0 aliphatic carbocycles. The summed E-state index contributed by atoms with van der Waals surface area (Å²) in [5.41, 5.74) is 9.45. The highest BCUT2D eigenvalue weighted by Crippen LogP contribution is 2.29. The van der Waals surface area contributed by atoms with Crippen LogP contribution in [-0.4, -0.2) is 21.9 Å². The first-order valence-corrected chi connectivity index (χ1v) is 5.63. The molecule has 0 radical (unpaired) electrons. The predicted molar refractivity (Wildman–Crippen MR) is 71.5 cm³/mol. The zero-order valence-corrected chi connectivity index (χ0v) is 10.3. The van der Waals surface area contributed by atoms with E-state index < -0.39 is 0 Å². The van der Waals surface area contributed by atoms with Gasteiger partial charge in [0, 0.05) is 24.0 Å². The van der Waals surface area contributed by atoms with Crippen molar-refractivity contribution in [2.24, 2.45) is 7.05 Å². The maximum atomic E-state index is 5.92. The van der Waals surface area contributed by atoms with Gasteiger partial charge in [0.15, 0.2) is 0 Å². The van der Waals surface area contributed by atoms with Crippen molar-refractivity contribution in [3.8, 4) is 17.1 Å². The monoisotopic (exact) mass is 242 g/mol. The summed E-state index contributed by atoms with van der Waals surface area (Å²) >= 11 is 0. The van der Waals surface area contributed by atoms with Gasteiger partial charge in [-0.2, -0.15) is 5.10 Å². The minimum Gasteiger partial charge on any atom is -0.497 e. The molecule has 0 fully saturated rings. The molecule has 0 unspecified atom stereocenters. The number of nitrogen functional groups attached to an aromatic ring is 1. The number of aromatic amines is 1. The number of fused-ring (bicyclic) bond motifs is 1. The van der Waals surface area contributed by atoms with Gasteiger partial charge in [0.1, 0.15) is 11.4 Å². The van der Waals surface area contributed by atoms with Crippen molar-refractivity contribution in [1.29, 1.82) is 0 Å². The van der Waals surface area contributed by atoms with Crippen LogP contribution < -0.4 is 10.5 Å². The molecule has 0 spiro atoms. The fourth-order valence-corrected chi connectivity index (χ4v) is 2.15. The molecule has 1 aromatic carbocycles. The number of nitrogens with two attached hydrogens (primary N) is 1. The van der Waals surface area contributed by atoms with Gasteiger partial charge < -0.3 is 15.5 Å². The Morgan fingerprint density at radius 2 is 2.17 bits per heavy atom. The van der Waals surface area contributed by atoms with E-state index in [1.807, 2.05) is 25.2 Å². The highest BCUT2D eigenvalue weighted by Gasteiger charge is 2.11. The first-order valence-electron chi connectivity index (χ1n) is 5.63. The van der Waals surface area contributed by atoms with Crippen LogP contribution in [0.2, 0.25) is 0 Å². The zero-order valence-electron chi connectivity index (χ0n) is 10.3. The number of H-pyrrole nitrogens is 1. The van der Waals surface area contributed by atoms with Crippen LogP contribution in [0.1, 0.15) is 0 Å². The SMILES string of the molecule is COc1ccc2cc(-c3c(N)cnn3C)[nH]c2c1.